The van der Waals surface area contributed by atoms with Gasteiger partial charge in [-0.3, -0.25) is 0 Å². The number of rotatable bonds is 3. The Morgan fingerprint density at radius 2 is 2.45 bits per heavy atom. The van der Waals surface area contributed by atoms with Gasteiger partial charge < -0.3 is 0 Å². The van der Waals surface area contributed by atoms with E-state index in [2.05, 4.69) is 35.0 Å². The van der Waals surface area contributed by atoms with Crippen molar-refractivity contribution in [1.29, 1.82) is 0 Å². The van der Waals surface area contributed by atoms with Gasteiger partial charge in [0.05, 0.1) is 0 Å². The van der Waals surface area contributed by atoms with Crippen LogP contribution in [0.4, 0.5) is 0 Å². The van der Waals surface area contributed by atoms with Crippen molar-refractivity contribution < 1.29 is 0 Å². The molecule has 0 saturated heterocycles. The molecule has 0 nitrogen and oxygen atoms in total. The van der Waals surface area contributed by atoms with Crippen LogP contribution in [-0.2, 0) is 0 Å². The van der Waals surface area contributed by atoms with Gasteiger partial charge in [-0.1, -0.05) is 19.1 Å². The molecule has 0 aromatic heterocycles. The average Bonchev–Trinajstić information content (AvgIpc) is 2.03. The molecule has 0 amide bonds. The Labute approximate surface area is 80.5 Å². The van der Waals surface area contributed by atoms with Crippen LogP contribution in [0.1, 0.15) is 13.3 Å². The second-order valence-electron chi connectivity index (χ2n) is 2.20. The first-order chi connectivity index (χ1) is 5.34. The van der Waals surface area contributed by atoms with Crippen LogP contribution >= 0.6 is 27.7 Å². The van der Waals surface area contributed by atoms with Gasteiger partial charge in [0.2, 0.25) is 0 Å². The molecule has 1 aromatic rings. The normalized spacial score (nSPS) is 10.0. The molecule has 11 heavy (non-hydrogen) atoms. The lowest BCUT2D eigenvalue weighted by molar-refractivity contribution is 1.10. The van der Waals surface area contributed by atoms with Gasteiger partial charge in [-0.25, -0.2) is 0 Å². The second kappa shape index (κ2) is 4.83. The van der Waals surface area contributed by atoms with Crippen molar-refractivity contribution in [3.8, 4) is 0 Å². The summed E-state index contributed by atoms with van der Waals surface area (Å²) in [6.07, 6.45) is 1.21. The SMILES string of the molecule is CCCSc1ccc[c]c1Br. The lowest BCUT2D eigenvalue weighted by atomic mass is 10.4. The first-order valence-electron chi connectivity index (χ1n) is 3.63. The molecule has 1 radical (unpaired) electrons. The smallest absolute Gasteiger partial charge is 0.0390 e. The summed E-state index contributed by atoms with van der Waals surface area (Å²) in [5.74, 6) is 1.18. The minimum atomic E-state index is 1.08. The molecule has 0 aliphatic rings. The third-order valence-corrected chi connectivity index (χ3v) is 3.41. The largest absolute Gasteiger partial charge is 0.125 e. The number of hydrogen-bond acceptors (Lipinski definition) is 1. The Bertz CT molecular complexity index is 223. The third kappa shape index (κ3) is 2.88. The third-order valence-electron chi connectivity index (χ3n) is 1.23. The summed E-state index contributed by atoms with van der Waals surface area (Å²) >= 11 is 5.32. The van der Waals surface area contributed by atoms with Gasteiger partial charge >= 0.3 is 0 Å². The second-order valence-corrected chi connectivity index (χ2v) is 4.13. The Kier molecular flexibility index (Phi) is 4.02. The highest BCUT2D eigenvalue weighted by molar-refractivity contribution is 9.10. The number of hydrogen-bond donors (Lipinski definition) is 0. The topological polar surface area (TPSA) is 0 Å². The van der Waals surface area contributed by atoms with E-state index in [4.69, 9.17) is 0 Å². The Hall–Kier alpha value is 0.0500. The Morgan fingerprint density at radius 3 is 3.09 bits per heavy atom. The van der Waals surface area contributed by atoms with Crippen molar-refractivity contribution in [2.45, 2.75) is 18.2 Å². The summed E-state index contributed by atoms with van der Waals surface area (Å²) in [5.41, 5.74) is 0. The molecule has 0 spiro atoms. The zero-order valence-corrected chi connectivity index (χ0v) is 8.83. The molecule has 0 heterocycles. The number of thioether (sulfide) groups is 1. The monoisotopic (exact) mass is 229 g/mol. The lowest BCUT2D eigenvalue weighted by Crippen LogP contribution is -1.77. The van der Waals surface area contributed by atoms with E-state index in [9.17, 15) is 0 Å². The van der Waals surface area contributed by atoms with Crippen LogP contribution in [0.5, 0.6) is 0 Å². The highest BCUT2D eigenvalue weighted by Gasteiger charge is 1.96. The maximum absolute atomic E-state index is 3.45. The van der Waals surface area contributed by atoms with Crippen LogP contribution in [0.25, 0.3) is 0 Å². The molecule has 2 heteroatoms. The van der Waals surface area contributed by atoms with Gasteiger partial charge in [0.25, 0.3) is 0 Å². The quantitative estimate of drug-likeness (QED) is 0.712. The maximum atomic E-state index is 3.45. The van der Waals surface area contributed by atoms with E-state index >= 15 is 0 Å². The standard InChI is InChI=1S/C9H10BrS/c1-2-7-11-9-6-4-3-5-8(9)10/h3-4,6H,2,7H2,1H3. The van der Waals surface area contributed by atoms with Crippen molar-refractivity contribution in [2.75, 3.05) is 5.75 Å². The van der Waals surface area contributed by atoms with Gasteiger partial charge in [0, 0.05) is 9.37 Å². The molecule has 59 valence electrons. The number of halogens is 1. The average molecular weight is 230 g/mol. The van der Waals surface area contributed by atoms with Crippen LogP contribution in [0, 0.1) is 6.07 Å². The van der Waals surface area contributed by atoms with Crippen LogP contribution < -0.4 is 0 Å². The van der Waals surface area contributed by atoms with E-state index in [1.54, 1.807) is 0 Å². The Morgan fingerprint density at radius 1 is 1.64 bits per heavy atom. The minimum absolute atomic E-state index is 1.08. The fraction of sp³-hybridized carbons (Fsp3) is 0.333. The van der Waals surface area contributed by atoms with Crippen molar-refractivity contribution >= 4 is 27.7 Å². The van der Waals surface area contributed by atoms with Gasteiger partial charge in [-0.2, -0.15) is 0 Å². The summed E-state index contributed by atoms with van der Waals surface area (Å²) in [5, 5.41) is 0. The van der Waals surface area contributed by atoms with Crippen LogP contribution in [0.3, 0.4) is 0 Å². The molecule has 0 unspecified atom stereocenters. The molecule has 0 saturated carbocycles. The first-order valence-corrected chi connectivity index (χ1v) is 5.41. The van der Waals surface area contributed by atoms with Gasteiger partial charge in [0.15, 0.2) is 0 Å². The van der Waals surface area contributed by atoms with E-state index in [0.717, 1.165) is 4.47 Å². The molecule has 0 fully saturated rings. The summed E-state index contributed by atoms with van der Waals surface area (Å²) in [6, 6.07) is 9.15. The molecule has 1 rings (SSSR count). The highest BCUT2D eigenvalue weighted by Crippen LogP contribution is 2.26. The molecule has 0 atom stereocenters. The van der Waals surface area contributed by atoms with Crippen molar-refractivity contribution in [3.05, 3.63) is 28.7 Å². The highest BCUT2D eigenvalue weighted by atomic mass is 79.9. The van der Waals surface area contributed by atoms with Crippen LogP contribution in [0.15, 0.2) is 27.6 Å². The van der Waals surface area contributed by atoms with Crippen molar-refractivity contribution in [2.24, 2.45) is 0 Å². The predicted molar refractivity (Wildman–Crippen MR) is 54.0 cm³/mol. The lowest BCUT2D eigenvalue weighted by Gasteiger charge is -2.00. The molecular weight excluding hydrogens is 220 g/mol. The van der Waals surface area contributed by atoms with Crippen molar-refractivity contribution in [1.82, 2.24) is 0 Å². The first kappa shape index (κ1) is 9.14. The van der Waals surface area contributed by atoms with Crippen LogP contribution in [0.2, 0.25) is 0 Å². The van der Waals surface area contributed by atoms with E-state index < -0.39 is 0 Å². The summed E-state index contributed by atoms with van der Waals surface area (Å²) in [7, 11) is 0. The van der Waals surface area contributed by atoms with E-state index in [0.29, 0.717) is 0 Å². The van der Waals surface area contributed by atoms with Gasteiger partial charge in [-0.15, -0.1) is 11.8 Å². The summed E-state index contributed by atoms with van der Waals surface area (Å²) < 4.78 is 1.08. The van der Waals surface area contributed by atoms with E-state index in [1.165, 1.54) is 17.1 Å². The molecule has 1 aromatic carbocycles. The van der Waals surface area contributed by atoms with E-state index in [1.807, 2.05) is 23.9 Å². The zero-order chi connectivity index (χ0) is 8.10. The van der Waals surface area contributed by atoms with Gasteiger partial charge in [0.1, 0.15) is 0 Å². The Balaban J connectivity index is 2.62. The fourth-order valence-electron chi connectivity index (χ4n) is 0.725. The minimum Gasteiger partial charge on any atom is -0.125 e. The molecule has 0 aliphatic heterocycles. The van der Waals surface area contributed by atoms with E-state index in [-0.39, 0.29) is 0 Å². The summed E-state index contributed by atoms with van der Waals surface area (Å²) in [6.45, 7) is 2.19. The maximum Gasteiger partial charge on any atom is 0.0390 e. The fourth-order valence-corrected chi connectivity index (χ4v) is 2.12. The molecule has 0 aliphatic carbocycles. The predicted octanol–water partition coefficient (Wildman–Crippen LogP) is 3.75. The summed E-state index contributed by atoms with van der Waals surface area (Å²) in [4.78, 5) is 1.29. The van der Waals surface area contributed by atoms with Gasteiger partial charge in [-0.05, 0) is 40.2 Å². The number of benzene rings is 1. The molecule has 0 N–H and O–H groups in total. The van der Waals surface area contributed by atoms with Crippen molar-refractivity contribution in [3.63, 3.8) is 0 Å². The molecular formula is C9H10BrS. The molecule has 0 bridgehead atoms. The zero-order valence-electron chi connectivity index (χ0n) is 6.43. The van der Waals surface area contributed by atoms with Crippen LogP contribution in [-0.4, -0.2) is 5.75 Å².